The Hall–Kier alpha value is -0.640. The van der Waals surface area contributed by atoms with Crippen LogP contribution in [0, 0.1) is 11.8 Å². The molecule has 1 saturated carbocycles. The van der Waals surface area contributed by atoms with Gasteiger partial charge in [0.05, 0.1) is 0 Å². The number of hydrogen-bond acceptors (Lipinski definition) is 2. The van der Waals surface area contributed by atoms with Gasteiger partial charge in [-0.05, 0) is 43.3 Å². The molecule has 1 aliphatic rings. The summed E-state index contributed by atoms with van der Waals surface area (Å²) < 4.78 is 0. The zero-order valence-electron chi connectivity index (χ0n) is 11.3. The van der Waals surface area contributed by atoms with E-state index in [0.717, 1.165) is 13.0 Å². The summed E-state index contributed by atoms with van der Waals surface area (Å²) in [5, 5.41) is 8.30. The van der Waals surface area contributed by atoms with Crippen LogP contribution in [0.25, 0.3) is 0 Å². The molecule has 0 spiro atoms. The molecule has 3 nitrogen and oxygen atoms in total. The first kappa shape index (κ1) is 14.4. The second-order valence-electron chi connectivity index (χ2n) is 4.99. The van der Waals surface area contributed by atoms with E-state index in [4.69, 9.17) is 12.2 Å². The van der Waals surface area contributed by atoms with Crippen LogP contribution in [0.1, 0.15) is 52.9 Å². The van der Waals surface area contributed by atoms with Crippen molar-refractivity contribution in [3.05, 3.63) is 0 Å². The van der Waals surface area contributed by atoms with Gasteiger partial charge in [0.2, 0.25) is 0 Å². The fourth-order valence-corrected chi connectivity index (χ4v) is 2.41. The number of thiocarbonyl (C=S) groups is 1. The van der Waals surface area contributed by atoms with Crippen molar-refractivity contribution in [1.82, 2.24) is 10.7 Å². The molecular formula is C13H25N3S. The Morgan fingerprint density at radius 3 is 2.59 bits per heavy atom. The first-order chi connectivity index (χ1) is 8.15. The topological polar surface area (TPSA) is 36.4 Å². The highest BCUT2D eigenvalue weighted by molar-refractivity contribution is 7.80. The lowest BCUT2D eigenvalue weighted by Gasteiger charge is -2.26. The standard InChI is InChI=1S/C13H25N3S/c1-4-5-9-14-13(17)16-15-12-10(2)7-6-8-11(12)3/h10-11H,4-9H2,1-3H3,(H2,14,16,17)/t10-,11+. The molecule has 0 bridgehead atoms. The Labute approximate surface area is 110 Å². The Morgan fingerprint density at radius 1 is 1.35 bits per heavy atom. The molecule has 0 aromatic heterocycles. The number of rotatable bonds is 4. The lowest BCUT2D eigenvalue weighted by Crippen LogP contribution is -2.35. The lowest BCUT2D eigenvalue weighted by molar-refractivity contribution is 0.484. The van der Waals surface area contributed by atoms with Gasteiger partial charge in [0, 0.05) is 12.3 Å². The normalized spacial score (nSPS) is 26.9. The molecule has 0 aliphatic heterocycles. The smallest absolute Gasteiger partial charge is 0.186 e. The van der Waals surface area contributed by atoms with Gasteiger partial charge < -0.3 is 5.32 Å². The van der Waals surface area contributed by atoms with Crippen molar-refractivity contribution >= 4 is 23.0 Å². The Bertz CT molecular complexity index is 264. The number of nitrogens with one attached hydrogen (secondary N) is 2. The van der Waals surface area contributed by atoms with Crippen molar-refractivity contribution in [2.24, 2.45) is 16.9 Å². The van der Waals surface area contributed by atoms with Gasteiger partial charge in [-0.15, -0.1) is 0 Å². The average Bonchev–Trinajstić information content (AvgIpc) is 2.29. The molecule has 0 aromatic rings. The molecule has 2 N–H and O–H groups in total. The van der Waals surface area contributed by atoms with Crippen molar-refractivity contribution < 1.29 is 0 Å². The van der Waals surface area contributed by atoms with Gasteiger partial charge in [0.25, 0.3) is 0 Å². The van der Waals surface area contributed by atoms with Crippen LogP contribution < -0.4 is 10.7 Å². The van der Waals surface area contributed by atoms with E-state index in [-0.39, 0.29) is 0 Å². The molecule has 0 aromatic carbocycles. The molecule has 98 valence electrons. The van der Waals surface area contributed by atoms with E-state index in [1.54, 1.807) is 0 Å². The number of nitrogens with zero attached hydrogens (tertiary/aromatic N) is 1. The molecular weight excluding hydrogens is 230 g/mol. The third-order valence-electron chi connectivity index (χ3n) is 3.39. The molecule has 0 heterocycles. The molecule has 0 unspecified atom stereocenters. The van der Waals surface area contributed by atoms with E-state index in [1.807, 2.05) is 0 Å². The summed E-state index contributed by atoms with van der Waals surface area (Å²) in [6, 6.07) is 0. The molecule has 4 heteroatoms. The summed E-state index contributed by atoms with van der Waals surface area (Å²) in [7, 11) is 0. The highest BCUT2D eigenvalue weighted by Gasteiger charge is 2.22. The van der Waals surface area contributed by atoms with E-state index >= 15 is 0 Å². The minimum absolute atomic E-state index is 0.588. The van der Waals surface area contributed by atoms with Crippen LogP contribution >= 0.6 is 12.2 Å². The van der Waals surface area contributed by atoms with Gasteiger partial charge in [-0.2, -0.15) is 5.10 Å². The second kappa shape index (κ2) is 7.64. The molecule has 0 amide bonds. The number of hydrazone groups is 1. The fraction of sp³-hybridized carbons (Fsp3) is 0.846. The molecule has 1 rings (SSSR count). The van der Waals surface area contributed by atoms with Crippen LogP contribution in [0.3, 0.4) is 0 Å². The molecule has 1 aliphatic carbocycles. The van der Waals surface area contributed by atoms with Gasteiger partial charge in [-0.3, -0.25) is 5.43 Å². The van der Waals surface area contributed by atoms with E-state index in [2.05, 4.69) is 36.6 Å². The highest BCUT2D eigenvalue weighted by atomic mass is 32.1. The van der Waals surface area contributed by atoms with Crippen molar-refractivity contribution in [2.45, 2.75) is 52.9 Å². The van der Waals surface area contributed by atoms with Gasteiger partial charge >= 0.3 is 0 Å². The average molecular weight is 255 g/mol. The third-order valence-corrected chi connectivity index (χ3v) is 3.62. The summed E-state index contributed by atoms with van der Waals surface area (Å²) in [6.45, 7) is 7.61. The van der Waals surface area contributed by atoms with Crippen LogP contribution in [-0.2, 0) is 0 Å². The monoisotopic (exact) mass is 255 g/mol. The van der Waals surface area contributed by atoms with Crippen LogP contribution in [-0.4, -0.2) is 17.4 Å². The zero-order valence-corrected chi connectivity index (χ0v) is 12.1. The van der Waals surface area contributed by atoms with E-state index < -0.39 is 0 Å². The minimum Gasteiger partial charge on any atom is -0.361 e. The van der Waals surface area contributed by atoms with Gasteiger partial charge in [0.15, 0.2) is 5.11 Å². The van der Waals surface area contributed by atoms with Crippen LogP contribution in [0.15, 0.2) is 5.10 Å². The Morgan fingerprint density at radius 2 is 2.00 bits per heavy atom. The summed E-state index contributed by atoms with van der Waals surface area (Å²) in [6.07, 6.45) is 6.14. The van der Waals surface area contributed by atoms with E-state index in [0.29, 0.717) is 16.9 Å². The SMILES string of the molecule is CCCCNC(=S)NN=C1[C@H](C)CCC[C@@H]1C. The number of unbranched alkanes of at least 4 members (excludes halogenated alkanes) is 1. The van der Waals surface area contributed by atoms with Gasteiger partial charge in [0.1, 0.15) is 0 Å². The van der Waals surface area contributed by atoms with Gasteiger partial charge in [-0.25, -0.2) is 0 Å². The van der Waals surface area contributed by atoms with Crippen molar-refractivity contribution in [3.63, 3.8) is 0 Å². The van der Waals surface area contributed by atoms with Crippen LogP contribution in [0.4, 0.5) is 0 Å². The molecule has 2 atom stereocenters. The molecule has 1 fully saturated rings. The fourth-order valence-electron chi connectivity index (χ4n) is 2.27. The number of hydrogen-bond donors (Lipinski definition) is 2. The van der Waals surface area contributed by atoms with E-state index in [1.165, 1.54) is 31.4 Å². The first-order valence-corrected chi connectivity index (χ1v) is 7.17. The minimum atomic E-state index is 0.588. The van der Waals surface area contributed by atoms with Crippen LogP contribution in [0.2, 0.25) is 0 Å². The van der Waals surface area contributed by atoms with Crippen molar-refractivity contribution in [3.8, 4) is 0 Å². The molecule has 0 radical (unpaired) electrons. The lowest BCUT2D eigenvalue weighted by atomic mass is 9.81. The predicted molar refractivity (Wildman–Crippen MR) is 78.3 cm³/mol. The maximum Gasteiger partial charge on any atom is 0.186 e. The quantitative estimate of drug-likeness (QED) is 0.460. The molecule has 17 heavy (non-hydrogen) atoms. The van der Waals surface area contributed by atoms with Gasteiger partial charge in [-0.1, -0.05) is 33.6 Å². The Balaban J connectivity index is 2.37. The second-order valence-corrected chi connectivity index (χ2v) is 5.40. The summed E-state index contributed by atoms with van der Waals surface area (Å²) in [5.41, 5.74) is 4.25. The first-order valence-electron chi connectivity index (χ1n) is 6.76. The van der Waals surface area contributed by atoms with Crippen molar-refractivity contribution in [1.29, 1.82) is 0 Å². The van der Waals surface area contributed by atoms with Crippen LogP contribution in [0.5, 0.6) is 0 Å². The largest absolute Gasteiger partial charge is 0.361 e. The predicted octanol–water partition coefficient (Wildman–Crippen LogP) is 3.06. The summed E-state index contributed by atoms with van der Waals surface area (Å²) >= 11 is 5.18. The van der Waals surface area contributed by atoms with Crippen molar-refractivity contribution in [2.75, 3.05) is 6.54 Å². The maximum absolute atomic E-state index is 5.18. The summed E-state index contributed by atoms with van der Waals surface area (Å²) in [5.74, 6) is 1.18. The van der Waals surface area contributed by atoms with E-state index in [9.17, 15) is 0 Å². The maximum atomic E-state index is 5.18. The molecule has 0 saturated heterocycles. The Kier molecular flexibility index (Phi) is 6.48. The zero-order chi connectivity index (χ0) is 12.7. The summed E-state index contributed by atoms with van der Waals surface area (Å²) in [4.78, 5) is 0. The highest BCUT2D eigenvalue weighted by Crippen LogP contribution is 2.25. The third kappa shape index (κ3) is 5.02.